The maximum Gasteiger partial charge on any atom is 0.389 e. The topological polar surface area (TPSA) is 18.5 Å². The Morgan fingerprint density at radius 1 is 1.00 bits per heavy atom. The Morgan fingerprint density at radius 3 is 1.62 bits per heavy atom. The van der Waals surface area contributed by atoms with Gasteiger partial charge in [-0.1, -0.05) is 0 Å². The van der Waals surface area contributed by atoms with Gasteiger partial charge in [0.05, 0.1) is 0 Å². The molecule has 0 bridgehead atoms. The van der Waals surface area contributed by atoms with Gasteiger partial charge in [-0.25, -0.2) is 0 Å². The summed E-state index contributed by atoms with van der Waals surface area (Å²) in [6.07, 6.45) is -4.93. The van der Waals surface area contributed by atoms with Crippen molar-refractivity contribution in [1.82, 2.24) is 0 Å². The molecule has 96 valence electrons. The van der Waals surface area contributed by atoms with Crippen molar-refractivity contribution in [3.8, 4) is 0 Å². The maximum absolute atomic E-state index is 12.2. The van der Waals surface area contributed by atoms with E-state index in [1.165, 1.54) is 0 Å². The van der Waals surface area contributed by atoms with Crippen molar-refractivity contribution in [3.63, 3.8) is 0 Å². The molecule has 0 aromatic rings. The van der Waals surface area contributed by atoms with Gasteiger partial charge in [0.2, 0.25) is 0 Å². The lowest BCUT2D eigenvalue weighted by molar-refractivity contribution is -0.131. The summed E-state index contributed by atoms with van der Waals surface area (Å²) in [5.41, 5.74) is 0. The Labute approximate surface area is 99.8 Å². The summed E-state index contributed by atoms with van der Waals surface area (Å²) in [5.74, 6) is 0. The standard InChI is InChI=1S/C8H19F3O2Si3/c1-14(2)12-16(5,13-15(3)4)7-6-8(9,10)11/h6-7H2,1-5H3. The Hall–Kier alpha value is 0.361. The van der Waals surface area contributed by atoms with Crippen LogP contribution >= 0.6 is 0 Å². The maximum atomic E-state index is 12.2. The Bertz CT molecular complexity index is 199. The molecule has 2 radical (unpaired) electrons. The molecule has 0 heterocycles. The Balaban J connectivity index is 4.41. The van der Waals surface area contributed by atoms with Crippen molar-refractivity contribution < 1.29 is 21.4 Å². The van der Waals surface area contributed by atoms with E-state index in [9.17, 15) is 13.2 Å². The van der Waals surface area contributed by atoms with E-state index < -0.39 is 39.2 Å². The summed E-state index contributed by atoms with van der Waals surface area (Å²) in [6.45, 7) is 9.43. The predicted molar refractivity (Wildman–Crippen MR) is 64.2 cm³/mol. The van der Waals surface area contributed by atoms with Crippen LogP contribution in [-0.4, -0.2) is 32.8 Å². The molecule has 0 aromatic heterocycles. The third kappa shape index (κ3) is 8.51. The minimum atomic E-state index is -4.12. The molecule has 0 saturated heterocycles. The molecule has 0 unspecified atom stereocenters. The van der Waals surface area contributed by atoms with Crippen LogP contribution in [0.5, 0.6) is 0 Å². The number of halogens is 3. The smallest absolute Gasteiger partial charge is 0.389 e. The molecule has 0 spiro atoms. The second-order valence-corrected chi connectivity index (χ2v) is 12.3. The van der Waals surface area contributed by atoms with Crippen molar-refractivity contribution in [3.05, 3.63) is 0 Å². The molecular formula is C8H19F3O2Si3. The number of alkyl halides is 3. The number of rotatable bonds is 6. The van der Waals surface area contributed by atoms with Crippen LogP contribution in [0.4, 0.5) is 13.2 Å². The quantitative estimate of drug-likeness (QED) is 0.696. The summed E-state index contributed by atoms with van der Waals surface area (Å²) in [4.78, 5) is 0. The van der Waals surface area contributed by atoms with E-state index in [4.69, 9.17) is 8.23 Å². The minimum absolute atomic E-state index is 0.00218. The van der Waals surface area contributed by atoms with Gasteiger partial charge in [0.1, 0.15) is 0 Å². The van der Waals surface area contributed by atoms with Crippen molar-refractivity contribution in [1.29, 1.82) is 0 Å². The zero-order valence-corrected chi connectivity index (χ0v) is 13.4. The lowest BCUT2D eigenvalue weighted by Crippen LogP contribution is -2.45. The van der Waals surface area contributed by atoms with Crippen molar-refractivity contribution in [2.75, 3.05) is 0 Å². The second-order valence-electron chi connectivity index (χ2n) is 4.27. The van der Waals surface area contributed by atoms with Crippen LogP contribution in [0.15, 0.2) is 0 Å². The zero-order valence-electron chi connectivity index (χ0n) is 10.4. The summed E-state index contributed by atoms with van der Waals surface area (Å²) >= 11 is 0. The van der Waals surface area contributed by atoms with Gasteiger partial charge in [-0.15, -0.1) is 0 Å². The molecule has 0 aliphatic heterocycles. The summed E-state index contributed by atoms with van der Waals surface area (Å²) < 4.78 is 47.9. The van der Waals surface area contributed by atoms with Gasteiger partial charge in [0.25, 0.3) is 0 Å². The normalized spacial score (nSPS) is 13.9. The molecule has 0 fully saturated rings. The fourth-order valence-electron chi connectivity index (χ4n) is 1.36. The first-order valence-electron chi connectivity index (χ1n) is 5.09. The summed E-state index contributed by atoms with van der Waals surface area (Å²) in [5, 5.41) is 0. The molecule has 0 rings (SSSR count). The van der Waals surface area contributed by atoms with Crippen LogP contribution in [-0.2, 0) is 8.23 Å². The number of hydrogen-bond acceptors (Lipinski definition) is 2. The molecule has 8 heteroatoms. The third-order valence-electron chi connectivity index (χ3n) is 1.70. The second kappa shape index (κ2) is 6.34. The van der Waals surface area contributed by atoms with Crippen molar-refractivity contribution >= 4 is 26.6 Å². The fourth-order valence-corrected chi connectivity index (χ4v) is 10.4. The van der Waals surface area contributed by atoms with E-state index in [2.05, 4.69) is 0 Å². The largest absolute Gasteiger partial charge is 0.436 e. The van der Waals surface area contributed by atoms with Gasteiger partial charge in [0, 0.05) is 6.42 Å². The van der Waals surface area contributed by atoms with E-state index >= 15 is 0 Å². The van der Waals surface area contributed by atoms with Crippen LogP contribution in [0.2, 0.25) is 38.8 Å². The highest BCUT2D eigenvalue weighted by Crippen LogP contribution is 2.28. The zero-order chi connectivity index (χ0) is 13.0. The van der Waals surface area contributed by atoms with Crippen LogP contribution in [0.3, 0.4) is 0 Å². The van der Waals surface area contributed by atoms with E-state index in [-0.39, 0.29) is 6.04 Å². The van der Waals surface area contributed by atoms with Gasteiger partial charge < -0.3 is 8.23 Å². The van der Waals surface area contributed by atoms with Crippen LogP contribution in [0, 0.1) is 0 Å². The van der Waals surface area contributed by atoms with Crippen molar-refractivity contribution in [2.45, 2.75) is 51.4 Å². The monoisotopic (exact) mass is 288 g/mol. The molecule has 0 saturated carbocycles. The molecule has 16 heavy (non-hydrogen) atoms. The van der Waals surface area contributed by atoms with Crippen LogP contribution in [0.1, 0.15) is 6.42 Å². The minimum Gasteiger partial charge on any atom is -0.436 e. The van der Waals surface area contributed by atoms with Gasteiger partial charge in [-0.3, -0.25) is 0 Å². The van der Waals surface area contributed by atoms with E-state index in [1.807, 2.05) is 26.2 Å². The van der Waals surface area contributed by atoms with Crippen LogP contribution < -0.4 is 0 Å². The van der Waals surface area contributed by atoms with Gasteiger partial charge in [0.15, 0.2) is 18.1 Å². The first kappa shape index (κ1) is 16.4. The molecule has 0 aliphatic carbocycles. The fraction of sp³-hybridized carbons (Fsp3) is 1.00. The van der Waals surface area contributed by atoms with E-state index in [1.54, 1.807) is 6.55 Å². The van der Waals surface area contributed by atoms with Gasteiger partial charge in [-0.05, 0) is 38.8 Å². The highest BCUT2D eigenvalue weighted by atomic mass is 28.5. The lowest BCUT2D eigenvalue weighted by Gasteiger charge is -2.31. The molecule has 0 N–H and O–H groups in total. The molecule has 2 nitrogen and oxygen atoms in total. The first-order valence-corrected chi connectivity index (χ1v) is 12.4. The Kier molecular flexibility index (Phi) is 6.48. The number of hydrogen-bond donors (Lipinski definition) is 0. The molecule has 0 atom stereocenters. The first-order chi connectivity index (χ1) is 7.04. The van der Waals surface area contributed by atoms with Gasteiger partial charge >= 0.3 is 14.7 Å². The summed E-state index contributed by atoms with van der Waals surface area (Å²) in [7, 11) is -4.65. The highest BCUT2D eigenvalue weighted by Gasteiger charge is 2.39. The molecule has 0 aromatic carbocycles. The lowest BCUT2D eigenvalue weighted by atomic mass is 10.5. The molecule has 0 aliphatic rings. The van der Waals surface area contributed by atoms with Gasteiger partial charge in [-0.2, -0.15) is 13.2 Å². The van der Waals surface area contributed by atoms with E-state index in [0.29, 0.717) is 0 Å². The Morgan fingerprint density at radius 2 is 1.38 bits per heavy atom. The SMILES string of the molecule is C[Si](C)O[Si](C)(CCC(F)(F)F)O[Si](C)C. The summed E-state index contributed by atoms with van der Waals surface area (Å²) in [6, 6.07) is 0.00218. The molecule has 0 amide bonds. The average molecular weight is 288 g/mol. The average Bonchev–Trinajstić information content (AvgIpc) is 1.96. The predicted octanol–water partition coefficient (Wildman–Crippen LogP) is 3.55. The highest BCUT2D eigenvalue weighted by molar-refractivity contribution is 6.79. The van der Waals surface area contributed by atoms with Crippen LogP contribution in [0.25, 0.3) is 0 Å². The van der Waals surface area contributed by atoms with Crippen molar-refractivity contribution in [2.24, 2.45) is 0 Å². The van der Waals surface area contributed by atoms with E-state index in [0.717, 1.165) is 0 Å². The molecular weight excluding hydrogens is 269 g/mol. The third-order valence-corrected chi connectivity index (χ3v) is 9.58.